The number of nitrogens with one attached hydrogen (secondary N) is 1. The summed E-state index contributed by atoms with van der Waals surface area (Å²) >= 11 is 0. The number of nitrogens with zero attached hydrogens (tertiary/aromatic N) is 2. The van der Waals surface area contributed by atoms with E-state index in [9.17, 15) is 8.42 Å². The lowest BCUT2D eigenvalue weighted by atomic mass is 10.1. The number of aromatic nitrogens is 1. The Hall–Kier alpha value is -1.18. The molecule has 0 spiro atoms. The number of pyridine rings is 1. The molecule has 1 aromatic rings. The molecule has 1 saturated heterocycles. The zero-order valence-electron chi connectivity index (χ0n) is 10.9. The smallest absolute Gasteiger partial charge is 0.246 e. The van der Waals surface area contributed by atoms with E-state index in [1.165, 1.54) is 10.5 Å². The minimum absolute atomic E-state index is 0.0269. The average molecular weight is 285 g/mol. The van der Waals surface area contributed by atoms with Gasteiger partial charge in [0, 0.05) is 38.6 Å². The Morgan fingerprint density at radius 3 is 3.00 bits per heavy atom. The summed E-state index contributed by atoms with van der Waals surface area (Å²) in [6, 6.07) is 1.66. The van der Waals surface area contributed by atoms with E-state index in [1.54, 1.807) is 12.3 Å². The minimum atomic E-state index is -3.54. The van der Waals surface area contributed by atoms with Crippen LogP contribution in [0.25, 0.3) is 0 Å². The second-order valence-corrected chi connectivity index (χ2v) is 6.51. The summed E-state index contributed by atoms with van der Waals surface area (Å²) in [6.45, 7) is 3.41. The predicted molar refractivity (Wildman–Crippen MR) is 72.4 cm³/mol. The summed E-state index contributed by atoms with van der Waals surface area (Å²) < 4.78 is 26.5. The highest BCUT2D eigenvalue weighted by molar-refractivity contribution is 7.89. The first kappa shape index (κ1) is 14.2. The van der Waals surface area contributed by atoms with Gasteiger partial charge in [0.05, 0.1) is 5.69 Å². The Bertz CT molecular complexity index is 533. The molecule has 1 fully saturated rings. The van der Waals surface area contributed by atoms with Gasteiger partial charge in [0.15, 0.2) is 0 Å². The number of aliphatic hydroxyl groups is 1. The van der Waals surface area contributed by atoms with Crippen LogP contribution in [-0.2, 0) is 10.0 Å². The Morgan fingerprint density at radius 2 is 2.37 bits per heavy atom. The molecular weight excluding hydrogens is 266 g/mol. The topological polar surface area (TPSA) is 82.5 Å². The molecule has 0 radical (unpaired) electrons. The summed E-state index contributed by atoms with van der Waals surface area (Å²) in [7, 11) is -3.54. The molecule has 0 aromatic carbocycles. The standard InChI is InChI=1S/C12H19N3O3S/c1-2-14-11-3-5-13-7-12(11)19(17,18)15-6-4-10(8-15)9-16/h3,5,7,10,16H,2,4,6,8-9H2,1H3,(H,13,14). The molecule has 1 aliphatic heterocycles. The normalized spacial score (nSPS) is 20.6. The van der Waals surface area contributed by atoms with E-state index in [4.69, 9.17) is 5.11 Å². The molecule has 0 saturated carbocycles. The van der Waals surface area contributed by atoms with Crippen LogP contribution in [0.5, 0.6) is 0 Å². The van der Waals surface area contributed by atoms with Crippen LogP contribution >= 0.6 is 0 Å². The lowest BCUT2D eigenvalue weighted by Gasteiger charge is -2.18. The van der Waals surface area contributed by atoms with E-state index >= 15 is 0 Å². The second kappa shape index (κ2) is 5.85. The Kier molecular flexibility index (Phi) is 4.38. The van der Waals surface area contributed by atoms with E-state index < -0.39 is 10.0 Å². The van der Waals surface area contributed by atoms with Gasteiger partial charge in [-0.3, -0.25) is 4.98 Å². The molecule has 2 N–H and O–H groups in total. The van der Waals surface area contributed by atoms with E-state index in [2.05, 4.69) is 10.3 Å². The van der Waals surface area contributed by atoms with Crippen LogP contribution < -0.4 is 5.32 Å². The third-order valence-electron chi connectivity index (χ3n) is 3.28. The lowest BCUT2D eigenvalue weighted by Crippen LogP contribution is -2.30. The third-order valence-corrected chi connectivity index (χ3v) is 5.17. The summed E-state index contributed by atoms with van der Waals surface area (Å²) in [5.74, 6) is 0.0361. The van der Waals surface area contributed by atoms with Crippen LogP contribution in [-0.4, -0.2) is 49.1 Å². The molecule has 2 rings (SSSR count). The van der Waals surface area contributed by atoms with Crippen LogP contribution in [0.3, 0.4) is 0 Å². The van der Waals surface area contributed by atoms with Crippen molar-refractivity contribution in [2.24, 2.45) is 5.92 Å². The number of aliphatic hydroxyl groups excluding tert-OH is 1. The van der Waals surface area contributed by atoms with Crippen LogP contribution in [0, 0.1) is 5.92 Å². The highest BCUT2D eigenvalue weighted by Gasteiger charge is 2.33. The quantitative estimate of drug-likeness (QED) is 0.824. The lowest BCUT2D eigenvalue weighted by molar-refractivity contribution is 0.233. The van der Waals surface area contributed by atoms with Gasteiger partial charge in [0.25, 0.3) is 0 Å². The van der Waals surface area contributed by atoms with Gasteiger partial charge in [0.1, 0.15) is 4.90 Å². The zero-order valence-corrected chi connectivity index (χ0v) is 11.7. The van der Waals surface area contributed by atoms with Crippen molar-refractivity contribution >= 4 is 15.7 Å². The van der Waals surface area contributed by atoms with Crippen LogP contribution in [0.4, 0.5) is 5.69 Å². The van der Waals surface area contributed by atoms with Gasteiger partial charge in [-0.2, -0.15) is 4.31 Å². The van der Waals surface area contributed by atoms with Crippen molar-refractivity contribution in [2.45, 2.75) is 18.2 Å². The van der Waals surface area contributed by atoms with Crippen LogP contribution in [0.15, 0.2) is 23.4 Å². The first-order valence-electron chi connectivity index (χ1n) is 6.38. The molecule has 1 unspecified atom stereocenters. The Morgan fingerprint density at radius 1 is 1.58 bits per heavy atom. The summed E-state index contributed by atoms with van der Waals surface area (Å²) in [4.78, 5) is 4.11. The molecule has 0 amide bonds. The fourth-order valence-corrected chi connectivity index (χ4v) is 3.87. The SMILES string of the molecule is CCNc1ccncc1S(=O)(=O)N1CCC(CO)C1. The number of hydrogen-bond donors (Lipinski definition) is 2. The Labute approximate surface area is 113 Å². The predicted octanol–water partition coefficient (Wildman–Crippen LogP) is 0.516. The van der Waals surface area contributed by atoms with Crippen molar-refractivity contribution in [1.82, 2.24) is 9.29 Å². The van der Waals surface area contributed by atoms with Gasteiger partial charge in [-0.1, -0.05) is 0 Å². The molecule has 2 heterocycles. The van der Waals surface area contributed by atoms with Crippen LogP contribution in [0.1, 0.15) is 13.3 Å². The molecule has 106 valence electrons. The first-order chi connectivity index (χ1) is 9.09. The van der Waals surface area contributed by atoms with Crippen molar-refractivity contribution in [2.75, 3.05) is 31.6 Å². The van der Waals surface area contributed by atoms with Crippen molar-refractivity contribution in [3.63, 3.8) is 0 Å². The number of hydrogen-bond acceptors (Lipinski definition) is 5. The molecular formula is C12H19N3O3S. The molecule has 19 heavy (non-hydrogen) atoms. The van der Waals surface area contributed by atoms with E-state index in [-0.39, 0.29) is 17.4 Å². The highest BCUT2D eigenvalue weighted by Crippen LogP contribution is 2.27. The van der Waals surface area contributed by atoms with Gasteiger partial charge in [-0.15, -0.1) is 0 Å². The van der Waals surface area contributed by atoms with Gasteiger partial charge in [-0.25, -0.2) is 8.42 Å². The van der Waals surface area contributed by atoms with Gasteiger partial charge >= 0.3 is 0 Å². The zero-order chi connectivity index (χ0) is 13.9. The maximum Gasteiger partial charge on any atom is 0.246 e. The molecule has 0 aliphatic carbocycles. The fraction of sp³-hybridized carbons (Fsp3) is 0.583. The highest BCUT2D eigenvalue weighted by atomic mass is 32.2. The fourth-order valence-electron chi connectivity index (χ4n) is 2.23. The summed E-state index contributed by atoms with van der Waals surface area (Å²) in [5.41, 5.74) is 0.574. The number of rotatable bonds is 5. The molecule has 7 heteroatoms. The third kappa shape index (κ3) is 2.88. The van der Waals surface area contributed by atoms with Crippen molar-refractivity contribution in [3.05, 3.63) is 18.5 Å². The molecule has 0 bridgehead atoms. The van der Waals surface area contributed by atoms with Crippen molar-refractivity contribution in [1.29, 1.82) is 0 Å². The van der Waals surface area contributed by atoms with E-state index in [0.717, 1.165) is 0 Å². The van der Waals surface area contributed by atoms with Gasteiger partial charge in [-0.05, 0) is 25.3 Å². The molecule has 6 nitrogen and oxygen atoms in total. The summed E-state index contributed by atoms with van der Waals surface area (Å²) in [5, 5.41) is 12.1. The maximum atomic E-state index is 12.6. The average Bonchev–Trinajstić information content (AvgIpc) is 2.89. The molecule has 1 atom stereocenters. The van der Waals surface area contributed by atoms with Gasteiger partial charge < -0.3 is 10.4 Å². The maximum absolute atomic E-state index is 12.6. The monoisotopic (exact) mass is 285 g/mol. The summed E-state index contributed by atoms with van der Waals surface area (Å²) in [6.07, 6.45) is 3.64. The van der Waals surface area contributed by atoms with Crippen LogP contribution in [0.2, 0.25) is 0 Å². The largest absolute Gasteiger partial charge is 0.396 e. The Balaban J connectivity index is 2.30. The molecule has 1 aromatic heterocycles. The van der Waals surface area contributed by atoms with Crippen molar-refractivity contribution < 1.29 is 13.5 Å². The van der Waals surface area contributed by atoms with E-state index in [0.29, 0.717) is 31.7 Å². The molecule has 1 aliphatic rings. The number of sulfonamides is 1. The van der Waals surface area contributed by atoms with Crippen molar-refractivity contribution in [3.8, 4) is 0 Å². The van der Waals surface area contributed by atoms with E-state index in [1.807, 2.05) is 6.92 Å². The van der Waals surface area contributed by atoms with Gasteiger partial charge in [0.2, 0.25) is 10.0 Å². The number of anilines is 1. The first-order valence-corrected chi connectivity index (χ1v) is 7.82. The second-order valence-electron chi connectivity index (χ2n) is 4.60. The minimum Gasteiger partial charge on any atom is -0.396 e.